The number of nitrogens with one attached hydrogen (secondary N) is 1. The van der Waals surface area contributed by atoms with Gasteiger partial charge in [0.05, 0.1) is 6.21 Å². The highest BCUT2D eigenvalue weighted by Gasteiger charge is 1.99. The number of rotatable bonds is 2. The second kappa shape index (κ2) is 5.08. The lowest BCUT2D eigenvalue weighted by molar-refractivity contribution is 0.625. The van der Waals surface area contributed by atoms with E-state index in [4.69, 9.17) is 12.2 Å². The quantitative estimate of drug-likeness (QED) is 0.339. The van der Waals surface area contributed by atoms with Gasteiger partial charge in [0.25, 0.3) is 0 Å². The lowest BCUT2D eigenvalue weighted by Crippen LogP contribution is -2.24. The van der Waals surface area contributed by atoms with Crippen LogP contribution in [-0.4, -0.2) is 11.3 Å². The van der Waals surface area contributed by atoms with Crippen molar-refractivity contribution in [3.05, 3.63) is 35.1 Å². The monoisotopic (exact) mass is 221 g/mol. The van der Waals surface area contributed by atoms with Crippen molar-refractivity contribution < 1.29 is 4.39 Å². The van der Waals surface area contributed by atoms with Gasteiger partial charge in [-0.1, -0.05) is 5.92 Å². The van der Waals surface area contributed by atoms with Crippen molar-refractivity contribution in [2.24, 2.45) is 10.8 Å². The Morgan fingerprint density at radius 2 is 2.40 bits per heavy atom. The van der Waals surface area contributed by atoms with Gasteiger partial charge in [0.15, 0.2) is 5.11 Å². The van der Waals surface area contributed by atoms with Gasteiger partial charge in [-0.05, 0) is 30.4 Å². The van der Waals surface area contributed by atoms with Crippen LogP contribution in [0.25, 0.3) is 0 Å². The fourth-order valence-corrected chi connectivity index (χ4v) is 0.940. The molecule has 3 N–H and O–H groups in total. The summed E-state index contributed by atoms with van der Waals surface area (Å²) in [7, 11) is 0. The van der Waals surface area contributed by atoms with E-state index in [0.717, 1.165) is 0 Å². The lowest BCUT2D eigenvalue weighted by Gasteiger charge is -1.98. The maximum absolute atomic E-state index is 13.3. The topological polar surface area (TPSA) is 50.4 Å². The zero-order valence-corrected chi connectivity index (χ0v) is 8.51. The highest BCUT2D eigenvalue weighted by molar-refractivity contribution is 7.80. The van der Waals surface area contributed by atoms with Gasteiger partial charge in [-0.15, -0.1) is 6.42 Å². The largest absolute Gasteiger partial charge is 0.375 e. The summed E-state index contributed by atoms with van der Waals surface area (Å²) in [6, 6.07) is 4.39. The third kappa shape index (κ3) is 3.37. The Balaban J connectivity index is 2.83. The van der Waals surface area contributed by atoms with E-state index in [1.807, 2.05) is 0 Å². The molecule has 0 saturated carbocycles. The van der Waals surface area contributed by atoms with Crippen molar-refractivity contribution in [2.75, 3.05) is 0 Å². The lowest BCUT2D eigenvalue weighted by atomic mass is 10.1. The fraction of sp³-hybridized carbons (Fsp3) is 0. The van der Waals surface area contributed by atoms with E-state index in [0.29, 0.717) is 11.1 Å². The van der Waals surface area contributed by atoms with Gasteiger partial charge in [-0.25, -0.2) is 4.39 Å². The number of nitrogens with zero attached hydrogens (tertiary/aromatic N) is 1. The minimum absolute atomic E-state index is 0.0203. The second-order valence-electron chi connectivity index (χ2n) is 2.61. The van der Waals surface area contributed by atoms with Crippen LogP contribution in [0.3, 0.4) is 0 Å². The Hall–Kier alpha value is -1.93. The van der Waals surface area contributed by atoms with Gasteiger partial charge < -0.3 is 5.73 Å². The first kappa shape index (κ1) is 11.1. The second-order valence-corrected chi connectivity index (χ2v) is 3.05. The molecule has 0 bridgehead atoms. The van der Waals surface area contributed by atoms with E-state index in [1.165, 1.54) is 18.3 Å². The minimum atomic E-state index is -0.445. The molecular formula is C10H8FN3S. The standard InChI is InChI=1S/C10H8FN3S/c1-2-7-3-4-8(9(11)5-7)6-13-14-10(12)15/h1,3-6H,(H3,12,14,15). The number of nitrogens with two attached hydrogens (primary N) is 1. The molecule has 0 fully saturated rings. The van der Waals surface area contributed by atoms with Crippen molar-refractivity contribution in [1.82, 2.24) is 5.43 Å². The predicted molar refractivity (Wildman–Crippen MR) is 61.9 cm³/mol. The third-order valence-electron chi connectivity index (χ3n) is 1.55. The Kier molecular flexibility index (Phi) is 3.77. The van der Waals surface area contributed by atoms with Crippen molar-refractivity contribution >= 4 is 23.5 Å². The average Bonchev–Trinajstić information content (AvgIpc) is 2.20. The Labute approximate surface area is 92.2 Å². The molecule has 0 unspecified atom stereocenters. The van der Waals surface area contributed by atoms with Crippen LogP contribution in [0.5, 0.6) is 0 Å². The van der Waals surface area contributed by atoms with E-state index in [9.17, 15) is 4.39 Å². The molecule has 3 nitrogen and oxygen atoms in total. The first-order chi connectivity index (χ1) is 7.13. The smallest absolute Gasteiger partial charge is 0.184 e. The number of terminal acetylenes is 1. The molecule has 0 amide bonds. The zero-order chi connectivity index (χ0) is 11.3. The molecule has 0 aliphatic rings. The van der Waals surface area contributed by atoms with Crippen molar-refractivity contribution in [1.29, 1.82) is 0 Å². The molecular weight excluding hydrogens is 213 g/mol. The first-order valence-electron chi connectivity index (χ1n) is 3.98. The molecule has 0 atom stereocenters. The molecule has 0 aliphatic carbocycles. The van der Waals surface area contributed by atoms with Crippen LogP contribution < -0.4 is 11.2 Å². The van der Waals surface area contributed by atoms with Gasteiger partial charge in [-0.2, -0.15) is 5.10 Å². The Morgan fingerprint density at radius 1 is 1.67 bits per heavy atom. The fourth-order valence-electron chi connectivity index (χ4n) is 0.887. The van der Waals surface area contributed by atoms with E-state index in [-0.39, 0.29) is 5.11 Å². The van der Waals surface area contributed by atoms with Gasteiger partial charge in [-0.3, -0.25) is 5.43 Å². The van der Waals surface area contributed by atoms with Gasteiger partial charge in [0, 0.05) is 11.1 Å². The number of hydrogen-bond acceptors (Lipinski definition) is 2. The molecule has 0 radical (unpaired) electrons. The Bertz CT molecular complexity index is 448. The van der Waals surface area contributed by atoms with Crippen molar-refractivity contribution in [2.45, 2.75) is 0 Å². The highest BCUT2D eigenvalue weighted by atomic mass is 32.1. The average molecular weight is 221 g/mol. The molecule has 1 aromatic carbocycles. The molecule has 15 heavy (non-hydrogen) atoms. The van der Waals surface area contributed by atoms with E-state index in [1.54, 1.807) is 6.07 Å². The number of hydrogen-bond donors (Lipinski definition) is 2. The first-order valence-corrected chi connectivity index (χ1v) is 4.39. The summed E-state index contributed by atoms with van der Waals surface area (Å²) in [5, 5.41) is 3.64. The zero-order valence-electron chi connectivity index (χ0n) is 7.70. The van der Waals surface area contributed by atoms with Crippen LogP contribution in [0.4, 0.5) is 4.39 Å². The summed E-state index contributed by atoms with van der Waals surface area (Å²) in [6.45, 7) is 0. The normalized spacial score (nSPS) is 9.87. The molecule has 0 aromatic heterocycles. The van der Waals surface area contributed by atoms with E-state index in [2.05, 4.69) is 28.7 Å². The van der Waals surface area contributed by atoms with Gasteiger partial charge in [0.2, 0.25) is 0 Å². The number of benzene rings is 1. The van der Waals surface area contributed by atoms with Crippen LogP contribution >= 0.6 is 12.2 Å². The predicted octanol–water partition coefficient (Wildman–Crippen LogP) is 0.974. The molecule has 0 heterocycles. The molecule has 1 aromatic rings. The van der Waals surface area contributed by atoms with Crippen molar-refractivity contribution in [3.63, 3.8) is 0 Å². The third-order valence-corrected chi connectivity index (χ3v) is 1.64. The number of halogens is 1. The molecule has 76 valence electrons. The van der Waals surface area contributed by atoms with Crippen molar-refractivity contribution in [3.8, 4) is 12.3 Å². The van der Waals surface area contributed by atoms with Crippen LogP contribution in [0, 0.1) is 18.2 Å². The van der Waals surface area contributed by atoms with E-state index < -0.39 is 5.82 Å². The van der Waals surface area contributed by atoms with Crippen LogP contribution in [0.2, 0.25) is 0 Å². The van der Waals surface area contributed by atoms with Crippen LogP contribution in [-0.2, 0) is 0 Å². The molecule has 1 rings (SSSR count). The molecule has 0 spiro atoms. The molecule has 0 aliphatic heterocycles. The SMILES string of the molecule is C#Cc1ccc(C=NNC(N)=S)c(F)c1. The number of thiocarbonyl (C=S) groups is 1. The maximum Gasteiger partial charge on any atom is 0.184 e. The maximum atomic E-state index is 13.3. The summed E-state index contributed by atoms with van der Waals surface area (Å²) in [5.41, 5.74) is 8.23. The molecule has 0 saturated heterocycles. The minimum Gasteiger partial charge on any atom is -0.375 e. The Morgan fingerprint density at radius 3 is 2.93 bits per heavy atom. The summed E-state index contributed by atoms with van der Waals surface area (Å²) >= 11 is 4.52. The number of hydrazone groups is 1. The van der Waals surface area contributed by atoms with Crippen LogP contribution in [0.15, 0.2) is 23.3 Å². The van der Waals surface area contributed by atoms with Gasteiger partial charge in [0.1, 0.15) is 5.82 Å². The molecule has 5 heteroatoms. The van der Waals surface area contributed by atoms with Gasteiger partial charge >= 0.3 is 0 Å². The summed E-state index contributed by atoms with van der Waals surface area (Å²) < 4.78 is 13.3. The highest BCUT2D eigenvalue weighted by Crippen LogP contribution is 2.07. The summed E-state index contributed by atoms with van der Waals surface area (Å²) in [5.74, 6) is 1.88. The van der Waals surface area contributed by atoms with Crippen LogP contribution in [0.1, 0.15) is 11.1 Å². The summed E-state index contributed by atoms with van der Waals surface area (Å²) in [6.07, 6.45) is 6.38. The van der Waals surface area contributed by atoms with E-state index >= 15 is 0 Å². The summed E-state index contributed by atoms with van der Waals surface area (Å²) in [4.78, 5) is 0.